The Bertz CT molecular complexity index is 383. The van der Waals surface area contributed by atoms with Gasteiger partial charge in [0.15, 0.2) is 0 Å². The molecule has 1 N–H and O–H groups in total. The molecule has 1 atom stereocenters. The zero-order chi connectivity index (χ0) is 11.1. The maximum absolute atomic E-state index is 12.6. The predicted octanol–water partition coefficient (Wildman–Crippen LogP) is 2.35. The highest BCUT2D eigenvalue weighted by Gasteiger charge is 2.46. The minimum Gasteiger partial charge on any atom is -0.349 e. The molecule has 0 heterocycles. The van der Waals surface area contributed by atoms with Crippen molar-refractivity contribution in [3.05, 3.63) is 35.6 Å². The third-order valence-corrected chi connectivity index (χ3v) is 2.93. The van der Waals surface area contributed by atoms with E-state index in [1.54, 1.807) is 0 Å². The molecule has 2 nitrogen and oxygen atoms in total. The minimum absolute atomic E-state index is 0.120. The Labute approximate surface area is 88.5 Å². The molecule has 1 aromatic rings. The van der Waals surface area contributed by atoms with Crippen molar-refractivity contribution >= 4 is 5.91 Å². The number of carbonyl (C=O) groups is 1. The first-order chi connectivity index (χ1) is 6.99. The van der Waals surface area contributed by atoms with Crippen molar-refractivity contribution in [2.24, 2.45) is 5.41 Å². The fourth-order valence-electron chi connectivity index (χ4n) is 1.56. The Morgan fingerprint density at radius 2 is 1.93 bits per heavy atom. The van der Waals surface area contributed by atoms with E-state index >= 15 is 0 Å². The molecule has 3 heteroatoms. The first-order valence-corrected chi connectivity index (χ1v) is 5.05. The molecule has 0 saturated heterocycles. The summed E-state index contributed by atoms with van der Waals surface area (Å²) in [7, 11) is 0. The lowest BCUT2D eigenvalue weighted by molar-refractivity contribution is 0.0946. The van der Waals surface area contributed by atoms with Crippen LogP contribution in [0.2, 0.25) is 0 Å². The minimum atomic E-state index is -0.321. The predicted molar refractivity (Wildman–Crippen MR) is 56.1 cm³/mol. The first kappa shape index (κ1) is 10.1. The van der Waals surface area contributed by atoms with Crippen molar-refractivity contribution < 1.29 is 9.18 Å². The van der Waals surface area contributed by atoms with Crippen molar-refractivity contribution in [1.29, 1.82) is 0 Å². The molecule has 1 unspecified atom stereocenters. The normalized spacial score (nSPS) is 22.2. The molecule has 1 aliphatic rings. The van der Waals surface area contributed by atoms with Crippen LogP contribution in [0.4, 0.5) is 4.39 Å². The van der Waals surface area contributed by atoms with Crippen LogP contribution >= 0.6 is 0 Å². The van der Waals surface area contributed by atoms with Gasteiger partial charge in [-0.1, -0.05) is 13.8 Å². The van der Waals surface area contributed by atoms with E-state index in [1.165, 1.54) is 24.3 Å². The van der Waals surface area contributed by atoms with Gasteiger partial charge < -0.3 is 5.32 Å². The maximum atomic E-state index is 12.6. The molecule has 80 valence electrons. The molecule has 15 heavy (non-hydrogen) atoms. The van der Waals surface area contributed by atoms with Gasteiger partial charge in [-0.25, -0.2) is 4.39 Å². The van der Waals surface area contributed by atoms with Gasteiger partial charge in [-0.2, -0.15) is 0 Å². The fourth-order valence-corrected chi connectivity index (χ4v) is 1.56. The summed E-state index contributed by atoms with van der Waals surface area (Å²) in [6.07, 6.45) is 1.01. The zero-order valence-corrected chi connectivity index (χ0v) is 8.88. The summed E-state index contributed by atoms with van der Waals surface area (Å²) in [4.78, 5) is 11.7. The van der Waals surface area contributed by atoms with Crippen molar-refractivity contribution in [3.63, 3.8) is 0 Å². The molecule has 0 radical (unpaired) electrons. The molecule has 0 aromatic heterocycles. The van der Waals surface area contributed by atoms with Crippen molar-refractivity contribution in [2.75, 3.05) is 0 Å². The van der Waals surface area contributed by atoms with Gasteiger partial charge in [-0.15, -0.1) is 0 Å². The van der Waals surface area contributed by atoms with Crippen molar-refractivity contribution in [2.45, 2.75) is 26.3 Å². The zero-order valence-electron chi connectivity index (χ0n) is 8.88. The molecule has 1 aromatic carbocycles. The maximum Gasteiger partial charge on any atom is 0.251 e. The number of halogens is 1. The SMILES string of the molecule is CC1(C)CC1NC(=O)c1ccc(F)cc1. The van der Waals surface area contributed by atoms with E-state index in [9.17, 15) is 9.18 Å². The fraction of sp³-hybridized carbons (Fsp3) is 0.417. The summed E-state index contributed by atoms with van der Waals surface area (Å²) in [6, 6.07) is 5.86. The quantitative estimate of drug-likeness (QED) is 0.792. The van der Waals surface area contributed by atoms with Gasteiger partial charge in [-0.3, -0.25) is 4.79 Å². The summed E-state index contributed by atoms with van der Waals surface area (Å²) < 4.78 is 12.6. The largest absolute Gasteiger partial charge is 0.349 e. The second-order valence-corrected chi connectivity index (χ2v) is 4.73. The summed E-state index contributed by atoms with van der Waals surface area (Å²) in [5.74, 6) is -0.441. The number of hydrogen-bond acceptors (Lipinski definition) is 1. The van der Waals surface area contributed by atoms with Gasteiger partial charge in [-0.05, 0) is 36.1 Å². The second-order valence-electron chi connectivity index (χ2n) is 4.73. The second kappa shape index (κ2) is 3.33. The highest BCUT2D eigenvalue weighted by atomic mass is 19.1. The van der Waals surface area contributed by atoms with Crippen LogP contribution in [0.5, 0.6) is 0 Å². The lowest BCUT2D eigenvalue weighted by Gasteiger charge is -2.06. The van der Waals surface area contributed by atoms with E-state index in [1.807, 2.05) is 0 Å². The van der Waals surface area contributed by atoms with Gasteiger partial charge >= 0.3 is 0 Å². The van der Waals surface area contributed by atoms with Crippen LogP contribution in [-0.2, 0) is 0 Å². The van der Waals surface area contributed by atoms with Gasteiger partial charge in [0.1, 0.15) is 5.82 Å². The summed E-state index contributed by atoms with van der Waals surface area (Å²) in [5.41, 5.74) is 0.731. The Morgan fingerprint density at radius 1 is 1.40 bits per heavy atom. The molecule has 0 bridgehead atoms. The van der Waals surface area contributed by atoms with Crippen LogP contribution in [0.3, 0.4) is 0 Å². The number of rotatable bonds is 2. The third-order valence-electron chi connectivity index (χ3n) is 2.93. The van der Waals surface area contributed by atoms with Crippen LogP contribution in [0.15, 0.2) is 24.3 Å². The molecule has 1 amide bonds. The lowest BCUT2D eigenvalue weighted by Crippen LogP contribution is -2.28. The van der Waals surface area contributed by atoms with Crippen LogP contribution in [0, 0.1) is 11.2 Å². The molecular formula is C12H14FNO. The number of nitrogens with one attached hydrogen (secondary N) is 1. The molecule has 1 fully saturated rings. The molecule has 2 rings (SSSR count). The average molecular weight is 207 g/mol. The molecule has 1 aliphatic carbocycles. The Balaban J connectivity index is 2.00. The summed E-state index contributed by atoms with van der Waals surface area (Å²) in [5, 5.41) is 2.92. The van der Waals surface area contributed by atoms with Gasteiger partial charge in [0, 0.05) is 11.6 Å². The highest BCUT2D eigenvalue weighted by Crippen LogP contribution is 2.44. The van der Waals surface area contributed by atoms with E-state index < -0.39 is 0 Å². The number of carbonyl (C=O) groups excluding carboxylic acids is 1. The molecule has 0 spiro atoms. The van der Waals surface area contributed by atoms with Crippen LogP contribution in [-0.4, -0.2) is 11.9 Å². The van der Waals surface area contributed by atoms with Crippen LogP contribution < -0.4 is 5.32 Å². The average Bonchev–Trinajstić information content (AvgIpc) is 2.74. The monoisotopic (exact) mass is 207 g/mol. The molecule has 1 saturated carbocycles. The Hall–Kier alpha value is -1.38. The summed E-state index contributed by atoms with van der Waals surface area (Å²) in [6.45, 7) is 4.23. The Kier molecular flexibility index (Phi) is 2.25. The van der Waals surface area contributed by atoms with E-state index in [0.29, 0.717) is 5.56 Å². The summed E-state index contributed by atoms with van der Waals surface area (Å²) >= 11 is 0. The van der Waals surface area contributed by atoms with Crippen LogP contribution in [0.1, 0.15) is 30.6 Å². The van der Waals surface area contributed by atoms with Crippen LogP contribution in [0.25, 0.3) is 0 Å². The van der Waals surface area contributed by atoms with E-state index in [-0.39, 0.29) is 23.2 Å². The third kappa shape index (κ3) is 2.17. The number of hydrogen-bond donors (Lipinski definition) is 1. The molecular weight excluding hydrogens is 193 g/mol. The van der Waals surface area contributed by atoms with E-state index in [4.69, 9.17) is 0 Å². The van der Waals surface area contributed by atoms with E-state index in [0.717, 1.165) is 6.42 Å². The van der Waals surface area contributed by atoms with Crippen molar-refractivity contribution in [3.8, 4) is 0 Å². The highest BCUT2D eigenvalue weighted by molar-refractivity contribution is 5.94. The number of amides is 1. The van der Waals surface area contributed by atoms with Gasteiger partial charge in [0.25, 0.3) is 5.91 Å². The smallest absolute Gasteiger partial charge is 0.251 e. The van der Waals surface area contributed by atoms with Gasteiger partial charge in [0.2, 0.25) is 0 Å². The molecule has 0 aliphatic heterocycles. The van der Waals surface area contributed by atoms with Gasteiger partial charge in [0.05, 0.1) is 0 Å². The topological polar surface area (TPSA) is 29.1 Å². The lowest BCUT2D eigenvalue weighted by atomic mass is 10.1. The number of benzene rings is 1. The van der Waals surface area contributed by atoms with Crippen molar-refractivity contribution in [1.82, 2.24) is 5.32 Å². The van der Waals surface area contributed by atoms with E-state index in [2.05, 4.69) is 19.2 Å². The Morgan fingerprint density at radius 3 is 2.40 bits per heavy atom. The standard InChI is InChI=1S/C12H14FNO/c1-12(2)7-10(12)14-11(15)8-3-5-9(13)6-4-8/h3-6,10H,7H2,1-2H3,(H,14,15). The first-order valence-electron chi connectivity index (χ1n) is 5.05.